The van der Waals surface area contributed by atoms with E-state index in [4.69, 9.17) is 0 Å². The Labute approximate surface area is 143 Å². The van der Waals surface area contributed by atoms with Crippen molar-refractivity contribution < 1.29 is 47.7 Å². The number of aryl methyl sites for hydroxylation is 1. The molecule has 0 saturated carbocycles. The minimum atomic E-state index is -6.72. The van der Waals surface area contributed by atoms with Crippen molar-refractivity contribution in [1.29, 1.82) is 0 Å². The molecule has 0 unspecified atom stereocenters. The summed E-state index contributed by atoms with van der Waals surface area (Å²) in [4.78, 5) is 1.39. The highest BCUT2D eigenvalue weighted by Gasteiger charge is 2.46. The summed E-state index contributed by atoms with van der Waals surface area (Å²) in [5.41, 5.74) is -8.95. The van der Waals surface area contributed by atoms with E-state index in [9.17, 15) is 43.2 Å². The van der Waals surface area contributed by atoms with Crippen LogP contribution in [0.5, 0.6) is 0 Å². The van der Waals surface area contributed by atoms with E-state index in [2.05, 4.69) is 30.5 Å². The van der Waals surface area contributed by atoms with Gasteiger partial charge < -0.3 is 4.13 Å². The minimum absolute atomic E-state index is 0.778. The number of thiazole rings is 1. The van der Waals surface area contributed by atoms with Crippen LogP contribution in [0, 0.1) is 6.92 Å². The zero-order chi connectivity index (χ0) is 20.3. The summed E-state index contributed by atoms with van der Waals surface area (Å²) in [5.74, 6) is 0. The summed E-state index contributed by atoms with van der Waals surface area (Å²) >= 11 is 1.77. The largest absolute Gasteiger partial charge is 0.480 e. The van der Waals surface area contributed by atoms with E-state index in [1.165, 1.54) is 10.6 Å². The molecule has 0 radical (unpaired) electrons. The molecule has 6 nitrogen and oxygen atoms in total. The molecule has 1 aromatic rings. The number of hydrogen-bond acceptors (Lipinski definition) is 5. The van der Waals surface area contributed by atoms with Crippen LogP contribution in [0.1, 0.15) is 17.5 Å². The third-order valence-electron chi connectivity index (χ3n) is 2.37. The van der Waals surface area contributed by atoms with Crippen LogP contribution in [0.25, 0.3) is 10.3 Å². The highest BCUT2D eigenvalue weighted by molar-refractivity contribution is 8.13. The van der Waals surface area contributed by atoms with Gasteiger partial charge in [0.2, 0.25) is 5.51 Å². The van der Waals surface area contributed by atoms with Gasteiger partial charge in [-0.15, -0.1) is 0 Å². The van der Waals surface area contributed by atoms with Crippen LogP contribution in [0.15, 0.2) is 12.1 Å². The number of sulfonamides is 2. The van der Waals surface area contributed by atoms with Crippen molar-refractivity contribution in [3.63, 3.8) is 0 Å². The third kappa shape index (κ3) is 6.23. The summed E-state index contributed by atoms with van der Waals surface area (Å²) in [5, 5.41) is 0. The molecule has 0 aliphatic rings. The first-order valence-electron chi connectivity index (χ1n) is 5.97. The summed E-state index contributed by atoms with van der Waals surface area (Å²) < 4.78 is 111. The fraction of sp³-hybridized carbons (Fsp3) is 0.500. The normalized spacial score (nSPS) is 13.1. The highest BCUT2D eigenvalue weighted by Crippen LogP contribution is 2.36. The average molecular weight is 434 g/mol. The molecule has 0 amide bonds. The highest BCUT2D eigenvalue weighted by atomic mass is 32.3. The predicted octanol–water partition coefficient (Wildman–Crippen LogP) is 3.07. The van der Waals surface area contributed by atoms with Crippen molar-refractivity contribution in [2.24, 2.45) is 0 Å². The van der Waals surface area contributed by atoms with Gasteiger partial charge in [0.1, 0.15) is 0 Å². The number of aromatic nitrogens is 1. The van der Waals surface area contributed by atoms with Crippen molar-refractivity contribution >= 4 is 37.6 Å². The number of hydrogen-bond donors (Lipinski definition) is 0. The van der Waals surface area contributed by atoms with Crippen LogP contribution in [0.4, 0.5) is 26.3 Å². The van der Waals surface area contributed by atoms with E-state index in [0.29, 0.717) is 0 Å². The monoisotopic (exact) mass is 434 g/mol. The van der Waals surface area contributed by atoms with Gasteiger partial charge in [0.15, 0.2) is 31.9 Å². The molecule has 25 heavy (non-hydrogen) atoms. The van der Waals surface area contributed by atoms with Crippen LogP contribution in [-0.4, -0.2) is 27.9 Å². The van der Waals surface area contributed by atoms with Crippen LogP contribution in [0.3, 0.4) is 0 Å². The van der Waals surface area contributed by atoms with Crippen LogP contribution < -0.4 is 4.57 Å². The second-order valence-electron chi connectivity index (χ2n) is 4.09. The maximum absolute atomic E-state index is 11.4. The number of rotatable bonds is 4. The van der Waals surface area contributed by atoms with Gasteiger partial charge in [0.05, 0.1) is 4.88 Å². The lowest BCUT2D eigenvalue weighted by molar-refractivity contribution is -0.571. The van der Waals surface area contributed by atoms with E-state index in [-0.39, 0.29) is 0 Å². The fourth-order valence-electron chi connectivity index (χ4n) is 1.25. The van der Waals surface area contributed by atoms with E-state index < -0.39 is 31.1 Å². The lowest BCUT2D eigenvalue weighted by atomic mass is 10.3. The van der Waals surface area contributed by atoms with E-state index in [0.717, 1.165) is 10.5 Å². The van der Waals surface area contributed by atoms with Gasteiger partial charge in [-0.05, 0) is 13.5 Å². The fourth-order valence-corrected chi connectivity index (χ4v) is 3.83. The van der Waals surface area contributed by atoms with Gasteiger partial charge in [0, 0.05) is 6.42 Å². The van der Waals surface area contributed by atoms with Crippen molar-refractivity contribution in [2.45, 2.75) is 31.3 Å². The molecule has 0 saturated heterocycles. The quantitative estimate of drug-likeness (QED) is 0.539. The van der Waals surface area contributed by atoms with Gasteiger partial charge in [-0.25, -0.2) is 16.8 Å². The van der Waals surface area contributed by atoms with Gasteiger partial charge in [-0.3, -0.25) is 0 Å². The Morgan fingerprint density at radius 2 is 1.52 bits per heavy atom. The molecular formula is C10H12F6N2O4S3. The molecule has 146 valence electrons. The first-order chi connectivity index (χ1) is 11.0. The molecule has 0 aliphatic heterocycles. The van der Waals surface area contributed by atoms with Crippen LogP contribution >= 0.6 is 11.3 Å². The van der Waals surface area contributed by atoms with Gasteiger partial charge in [-0.2, -0.15) is 30.9 Å². The molecule has 1 heterocycles. The Hall–Kier alpha value is -1.19. The van der Waals surface area contributed by atoms with E-state index in [1.54, 1.807) is 11.3 Å². The average Bonchev–Trinajstić information content (AvgIpc) is 2.75. The second kappa shape index (κ2) is 8.01. The SMILES string of the molecule is C=C[n+]1csc(C)c1CC.O=S(=O)([N-]S(=O)(=O)C(F)(F)F)C(F)(F)F. The topological polar surface area (TPSA) is 86.3 Å². The number of alkyl halides is 6. The lowest BCUT2D eigenvalue weighted by Gasteiger charge is -2.22. The molecule has 0 fully saturated rings. The van der Waals surface area contributed by atoms with Crippen LogP contribution in [0.2, 0.25) is 0 Å². The standard InChI is InChI=1S/C8H12NS.C2F6NO4S2/c1-4-8-7(3)10-6-9(8)5-2;3-1(4,5)14(10,11)9-15(12,13)2(6,7)8/h5-6H,2,4H2,1,3H3;/q+1;-1. The summed E-state index contributed by atoms with van der Waals surface area (Å²) in [6, 6.07) is 0. The molecule has 0 spiro atoms. The Morgan fingerprint density at radius 3 is 1.76 bits per heavy atom. The van der Waals surface area contributed by atoms with Crippen molar-refractivity contribution in [2.75, 3.05) is 0 Å². The van der Waals surface area contributed by atoms with Crippen LogP contribution in [-0.2, 0) is 26.5 Å². The molecular weight excluding hydrogens is 422 g/mol. The van der Waals surface area contributed by atoms with Crippen molar-refractivity contribution in [1.82, 2.24) is 0 Å². The molecule has 0 bridgehead atoms. The Morgan fingerprint density at radius 1 is 1.12 bits per heavy atom. The van der Waals surface area contributed by atoms with E-state index >= 15 is 0 Å². The molecule has 0 aromatic carbocycles. The number of nitrogens with zero attached hydrogens (tertiary/aromatic N) is 2. The van der Waals surface area contributed by atoms with Gasteiger partial charge in [0.25, 0.3) is 0 Å². The molecule has 1 aromatic heterocycles. The van der Waals surface area contributed by atoms with Crippen molar-refractivity contribution in [3.05, 3.63) is 26.8 Å². The minimum Gasteiger partial charge on any atom is -0.421 e. The Kier molecular flexibility index (Phi) is 7.63. The summed E-state index contributed by atoms with van der Waals surface area (Å²) in [6.07, 6.45) is 2.93. The Balaban J connectivity index is 0.000000496. The number of halogens is 6. The lowest BCUT2D eigenvalue weighted by Crippen LogP contribution is -2.30. The third-order valence-corrected chi connectivity index (χ3v) is 6.04. The summed E-state index contributed by atoms with van der Waals surface area (Å²) in [7, 11) is -13.4. The zero-order valence-electron chi connectivity index (χ0n) is 12.6. The Bertz CT molecular complexity index is 767. The second-order valence-corrected chi connectivity index (χ2v) is 8.57. The summed E-state index contributed by atoms with van der Waals surface area (Å²) in [6.45, 7) is 8.03. The smallest absolute Gasteiger partial charge is 0.421 e. The molecule has 1 rings (SSSR count). The van der Waals surface area contributed by atoms with Crippen molar-refractivity contribution in [3.8, 4) is 0 Å². The molecule has 0 N–H and O–H groups in total. The molecule has 0 aliphatic carbocycles. The molecule has 15 heteroatoms. The first-order valence-corrected chi connectivity index (χ1v) is 9.73. The maximum atomic E-state index is 11.4. The van der Waals surface area contributed by atoms with E-state index in [1.807, 2.05) is 6.20 Å². The predicted molar refractivity (Wildman–Crippen MR) is 78.3 cm³/mol. The van der Waals surface area contributed by atoms with Gasteiger partial charge in [-0.1, -0.05) is 18.3 Å². The zero-order valence-corrected chi connectivity index (χ0v) is 15.0. The van der Waals surface area contributed by atoms with Gasteiger partial charge >= 0.3 is 11.0 Å². The first kappa shape index (κ1) is 23.8. The molecule has 0 atom stereocenters. The maximum Gasteiger partial charge on any atom is 0.480 e.